The molecule has 2 aromatic carbocycles. The van der Waals surface area contributed by atoms with Gasteiger partial charge in [-0.3, -0.25) is 0 Å². The highest BCUT2D eigenvalue weighted by Crippen LogP contribution is 2.46. The predicted molar refractivity (Wildman–Crippen MR) is 123 cm³/mol. The summed E-state index contributed by atoms with van der Waals surface area (Å²) in [6.45, 7) is 1.97. The fraction of sp³-hybridized carbons (Fsp3) is 0.444. The lowest BCUT2D eigenvalue weighted by Crippen LogP contribution is -2.25. The zero-order valence-electron chi connectivity index (χ0n) is 19.2. The van der Waals surface area contributed by atoms with Crippen molar-refractivity contribution in [2.45, 2.75) is 63.8 Å². The zero-order chi connectivity index (χ0) is 25.0. The molecule has 0 atom stereocenters. The third kappa shape index (κ3) is 5.41. The zero-order valence-corrected chi connectivity index (χ0v) is 19.2. The fourth-order valence-corrected chi connectivity index (χ4v) is 4.84. The Morgan fingerprint density at radius 2 is 1.46 bits per heavy atom. The standard InChI is InChI=1S/C27H26F6N2/c1-15-3-2-4-19-13-20(25(34-23(15)19)35-24(17-7-8-17)18-9-10-18)6-5-16-11-21(26(28,29)30)14-22(12-16)27(31,32)33/h2-4,11-14,17-18,24H,5-10H2,1H3,(H,34,35). The van der Waals surface area contributed by atoms with E-state index in [0.717, 1.165) is 34.2 Å². The molecular weight excluding hydrogens is 466 g/mol. The van der Waals surface area contributed by atoms with Crippen molar-refractivity contribution in [3.8, 4) is 0 Å². The van der Waals surface area contributed by atoms with E-state index in [9.17, 15) is 26.3 Å². The molecule has 0 bridgehead atoms. The summed E-state index contributed by atoms with van der Waals surface area (Å²) < 4.78 is 79.8. The van der Waals surface area contributed by atoms with Crippen LogP contribution in [-0.2, 0) is 25.2 Å². The first-order valence-corrected chi connectivity index (χ1v) is 11.9. The number of alkyl halides is 6. The van der Waals surface area contributed by atoms with Crippen LogP contribution in [0.1, 0.15) is 53.5 Å². The molecule has 0 radical (unpaired) electrons. The molecule has 0 saturated heterocycles. The van der Waals surface area contributed by atoms with Crippen LogP contribution in [0.5, 0.6) is 0 Å². The number of aromatic nitrogens is 1. The molecule has 0 unspecified atom stereocenters. The Kier molecular flexibility index (Phi) is 5.96. The minimum absolute atomic E-state index is 0.00313. The van der Waals surface area contributed by atoms with Gasteiger partial charge in [0.1, 0.15) is 5.82 Å². The quantitative estimate of drug-likeness (QED) is 0.339. The van der Waals surface area contributed by atoms with Crippen molar-refractivity contribution in [3.05, 3.63) is 70.3 Å². The predicted octanol–water partition coefficient (Wildman–Crippen LogP) is 7.97. The van der Waals surface area contributed by atoms with Gasteiger partial charge in [0, 0.05) is 11.4 Å². The number of fused-ring (bicyclic) bond motifs is 1. The van der Waals surface area contributed by atoms with Crippen molar-refractivity contribution in [2.24, 2.45) is 11.8 Å². The number of nitrogens with zero attached hydrogens (tertiary/aromatic N) is 1. The van der Waals surface area contributed by atoms with Gasteiger partial charge in [-0.05, 0) is 98.2 Å². The summed E-state index contributed by atoms with van der Waals surface area (Å²) in [4.78, 5) is 4.89. The molecule has 2 fully saturated rings. The van der Waals surface area contributed by atoms with E-state index in [0.29, 0.717) is 23.7 Å². The van der Waals surface area contributed by atoms with Crippen molar-refractivity contribution < 1.29 is 26.3 Å². The summed E-state index contributed by atoms with van der Waals surface area (Å²) in [5, 5.41) is 4.53. The molecule has 3 aromatic rings. The fourth-order valence-electron chi connectivity index (χ4n) is 4.84. The molecular formula is C27H26F6N2. The van der Waals surface area contributed by atoms with Crippen molar-refractivity contribution in [1.29, 1.82) is 0 Å². The smallest absolute Gasteiger partial charge is 0.367 e. The Hall–Kier alpha value is -2.77. The van der Waals surface area contributed by atoms with E-state index in [4.69, 9.17) is 4.98 Å². The normalized spacial score (nSPS) is 16.8. The SMILES string of the molecule is Cc1cccc2cc(CCc3cc(C(F)(F)F)cc(C(F)(F)F)c3)c(NC(C3CC3)C3CC3)nc12. The second-order valence-corrected chi connectivity index (χ2v) is 9.90. The average molecular weight is 493 g/mol. The van der Waals surface area contributed by atoms with Crippen molar-refractivity contribution in [2.75, 3.05) is 5.32 Å². The minimum atomic E-state index is -4.85. The van der Waals surface area contributed by atoms with E-state index in [-0.39, 0.29) is 24.5 Å². The number of para-hydroxylation sites is 1. The van der Waals surface area contributed by atoms with Crippen LogP contribution >= 0.6 is 0 Å². The van der Waals surface area contributed by atoms with Crippen molar-refractivity contribution >= 4 is 16.7 Å². The molecule has 0 spiro atoms. The molecule has 2 saturated carbocycles. The van der Waals surface area contributed by atoms with E-state index < -0.39 is 23.5 Å². The lowest BCUT2D eigenvalue weighted by molar-refractivity contribution is -0.143. The van der Waals surface area contributed by atoms with Crippen LogP contribution in [0.4, 0.5) is 32.2 Å². The lowest BCUT2D eigenvalue weighted by Gasteiger charge is -2.22. The van der Waals surface area contributed by atoms with Gasteiger partial charge in [-0.1, -0.05) is 18.2 Å². The van der Waals surface area contributed by atoms with Crippen LogP contribution in [0.2, 0.25) is 0 Å². The highest BCUT2D eigenvalue weighted by Gasteiger charge is 2.42. The molecule has 35 heavy (non-hydrogen) atoms. The molecule has 0 aliphatic heterocycles. The number of nitrogens with one attached hydrogen (secondary N) is 1. The lowest BCUT2D eigenvalue weighted by atomic mass is 9.98. The number of anilines is 1. The summed E-state index contributed by atoms with van der Waals surface area (Å²) in [6.07, 6.45) is -4.72. The van der Waals surface area contributed by atoms with E-state index in [1.54, 1.807) is 0 Å². The van der Waals surface area contributed by atoms with Gasteiger partial charge < -0.3 is 5.32 Å². The highest BCUT2D eigenvalue weighted by atomic mass is 19.4. The van der Waals surface area contributed by atoms with Crippen LogP contribution < -0.4 is 5.32 Å². The van der Waals surface area contributed by atoms with E-state index in [2.05, 4.69) is 5.32 Å². The first-order valence-electron chi connectivity index (χ1n) is 11.9. The minimum Gasteiger partial charge on any atom is -0.367 e. The Bertz CT molecular complexity index is 1190. The Labute approximate surface area is 199 Å². The number of rotatable bonds is 7. The third-order valence-corrected chi connectivity index (χ3v) is 7.02. The van der Waals surface area contributed by atoms with Gasteiger partial charge in [-0.2, -0.15) is 26.3 Å². The molecule has 5 rings (SSSR count). The van der Waals surface area contributed by atoms with Gasteiger partial charge in [-0.15, -0.1) is 0 Å². The maximum absolute atomic E-state index is 13.3. The Balaban J connectivity index is 1.49. The monoisotopic (exact) mass is 492 g/mol. The van der Waals surface area contributed by atoms with Gasteiger partial charge in [-0.25, -0.2) is 4.98 Å². The third-order valence-electron chi connectivity index (χ3n) is 7.02. The highest BCUT2D eigenvalue weighted by molar-refractivity contribution is 5.84. The first-order chi connectivity index (χ1) is 16.5. The summed E-state index contributed by atoms with van der Waals surface area (Å²) in [5.41, 5.74) is 0.108. The summed E-state index contributed by atoms with van der Waals surface area (Å²) >= 11 is 0. The van der Waals surface area contributed by atoms with Crippen LogP contribution in [-0.4, -0.2) is 11.0 Å². The molecule has 1 N–H and O–H groups in total. The maximum atomic E-state index is 13.3. The van der Waals surface area contributed by atoms with E-state index in [1.807, 2.05) is 31.2 Å². The van der Waals surface area contributed by atoms with Gasteiger partial charge in [0.2, 0.25) is 0 Å². The molecule has 0 amide bonds. The largest absolute Gasteiger partial charge is 0.416 e. The van der Waals surface area contributed by atoms with Crippen LogP contribution in [0.15, 0.2) is 42.5 Å². The summed E-state index contributed by atoms with van der Waals surface area (Å²) in [7, 11) is 0. The molecule has 1 aromatic heterocycles. The van der Waals surface area contributed by atoms with E-state index in [1.165, 1.54) is 25.7 Å². The Morgan fingerprint density at radius 1 is 0.857 bits per heavy atom. The molecule has 2 aliphatic carbocycles. The second kappa shape index (κ2) is 8.71. The van der Waals surface area contributed by atoms with Crippen LogP contribution in [0.25, 0.3) is 10.9 Å². The Morgan fingerprint density at radius 3 is 2.00 bits per heavy atom. The number of pyridine rings is 1. The van der Waals surface area contributed by atoms with Gasteiger partial charge in [0.15, 0.2) is 0 Å². The number of hydrogen-bond acceptors (Lipinski definition) is 2. The number of halogens is 6. The number of benzene rings is 2. The summed E-state index contributed by atoms with van der Waals surface area (Å²) in [6, 6.07) is 9.90. The number of aryl methyl sites for hydroxylation is 3. The van der Waals surface area contributed by atoms with Crippen LogP contribution in [0, 0.1) is 18.8 Å². The van der Waals surface area contributed by atoms with Gasteiger partial charge in [0.05, 0.1) is 16.6 Å². The average Bonchev–Trinajstić information content (AvgIpc) is 3.69. The van der Waals surface area contributed by atoms with Gasteiger partial charge in [0.25, 0.3) is 0 Å². The van der Waals surface area contributed by atoms with Crippen molar-refractivity contribution in [3.63, 3.8) is 0 Å². The molecule has 2 nitrogen and oxygen atoms in total. The first kappa shape index (κ1) is 23.9. The molecule has 2 aliphatic rings. The summed E-state index contributed by atoms with van der Waals surface area (Å²) in [5.74, 6) is 1.89. The van der Waals surface area contributed by atoms with Crippen LogP contribution in [0.3, 0.4) is 0 Å². The van der Waals surface area contributed by atoms with Crippen molar-refractivity contribution in [1.82, 2.24) is 4.98 Å². The molecule has 1 heterocycles. The second-order valence-electron chi connectivity index (χ2n) is 9.90. The topological polar surface area (TPSA) is 24.9 Å². The molecule has 186 valence electrons. The molecule has 8 heteroatoms. The van der Waals surface area contributed by atoms with E-state index >= 15 is 0 Å². The van der Waals surface area contributed by atoms with Gasteiger partial charge >= 0.3 is 12.4 Å². The number of hydrogen-bond donors (Lipinski definition) is 1. The maximum Gasteiger partial charge on any atom is 0.416 e.